The zero-order chi connectivity index (χ0) is 18.1. The third-order valence-electron chi connectivity index (χ3n) is 4.56. The lowest BCUT2D eigenvalue weighted by atomic mass is 10.1. The van der Waals surface area contributed by atoms with Crippen molar-refractivity contribution in [3.63, 3.8) is 0 Å². The normalized spacial score (nSPS) is 23.2. The van der Waals surface area contributed by atoms with Crippen molar-refractivity contribution >= 4 is 45.9 Å². The maximum Gasteiger partial charge on any atom is 0.320 e. The Hall–Kier alpha value is -1.58. The summed E-state index contributed by atoms with van der Waals surface area (Å²) >= 11 is 2.89. The summed E-state index contributed by atoms with van der Waals surface area (Å²) in [6, 6.07) is -0.547. The van der Waals surface area contributed by atoms with Gasteiger partial charge in [0, 0.05) is 16.7 Å². The minimum atomic E-state index is -0.862. The maximum absolute atomic E-state index is 12.5. The molecule has 3 atom stereocenters. The Morgan fingerprint density at radius 3 is 2.80 bits per heavy atom. The van der Waals surface area contributed by atoms with Crippen LogP contribution in [-0.4, -0.2) is 46.0 Å². The number of carboxylic acid groups (broad SMARTS) is 1. The fourth-order valence-electron chi connectivity index (χ4n) is 3.31. The highest BCUT2D eigenvalue weighted by Gasteiger charge is 2.32. The van der Waals surface area contributed by atoms with E-state index in [2.05, 4.69) is 10.6 Å². The molecule has 2 amide bonds. The van der Waals surface area contributed by atoms with Gasteiger partial charge in [-0.15, -0.1) is 23.1 Å². The number of anilines is 1. The van der Waals surface area contributed by atoms with Crippen molar-refractivity contribution in [2.24, 2.45) is 5.73 Å². The largest absolute Gasteiger partial charge is 0.480 e. The van der Waals surface area contributed by atoms with Gasteiger partial charge in [0.1, 0.15) is 11.0 Å². The topological polar surface area (TPSA) is 122 Å². The lowest BCUT2D eigenvalue weighted by Gasteiger charge is -2.15. The van der Waals surface area contributed by atoms with Crippen LogP contribution in [0, 0.1) is 0 Å². The zero-order valence-corrected chi connectivity index (χ0v) is 15.5. The molecule has 2 aliphatic rings. The number of rotatable bonds is 6. The van der Waals surface area contributed by atoms with Gasteiger partial charge >= 0.3 is 5.97 Å². The SMILES string of the molecule is CC(SC1CNC(C(=O)O)C1)C(=O)Nc1sc2c(c1C(N)=O)CCC2. The molecule has 7 nitrogen and oxygen atoms in total. The van der Waals surface area contributed by atoms with Gasteiger partial charge in [-0.1, -0.05) is 0 Å². The number of nitrogens with two attached hydrogens (primary N) is 1. The van der Waals surface area contributed by atoms with Gasteiger partial charge in [-0.2, -0.15) is 0 Å². The molecule has 3 rings (SSSR count). The number of carbonyl (C=O) groups is 3. The number of amides is 2. The van der Waals surface area contributed by atoms with E-state index in [0.717, 1.165) is 29.7 Å². The van der Waals surface area contributed by atoms with Crippen molar-refractivity contribution in [2.45, 2.75) is 49.1 Å². The first kappa shape index (κ1) is 18.2. The van der Waals surface area contributed by atoms with Crippen LogP contribution in [0.25, 0.3) is 0 Å². The molecule has 1 fully saturated rings. The summed E-state index contributed by atoms with van der Waals surface area (Å²) in [6.45, 7) is 2.36. The van der Waals surface area contributed by atoms with E-state index < -0.39 is 17.9 Å². The summed E-state index contributed by atoms with van der Waals surface area (Å²) in [6.07, 6.45) is 3.26. The average molecular weight is 383 g/mol. The second-order valence-electron chi connectivity index (χ2n) is 6.35. The number of nitrogens with one attached hydrogen (secondary N) is 2. The van der Waals surface area contributed by atoms with Crippen LogP contribution in [0.3, 0.4) is 0 Å². The van der Waals surface area contributed by atoms with Gasteiger partial charge in [0.05, 0.1) is 10.8 Å². The number of hydrogen-bond acceptors (Lipinski definition) is 6. The summed E-state index contributed by atoms with van der Waals surface area (Å²) in [7, 11) is 0. The Kier molecular flexibility index (Phi) is 5.35. The summed E-state index contributed by atoms with van der Waals surface area (Å²) in [5.74, 6) is -1.55. The highest BCUT2D eigenvalue weighted by Crippen LogP contribution is 2.39. The Labute approximate surface area is 153 Å². The van der Waals surface area contributed by atoms with Gasteiger partial charge in [-0.3, -0.25) is 14.4 Å². The van der Waals surface area contributed by atoms with E-state index in [-0.39, 0.29) is 16.4 Å². The monoisotopic (exact) mass is 383 g/mol. The number of thioether (sulfide) groups is 1. The van der Waals surface area contributed by atoms with E-state index in [4.69, 9.17) is 10.8 Å². The molecule has 3 unspecified atom stereocenters. The van der Waals surface area contributed by atoms with Crippen molar-refractivity contribution in [3.05, 3.63) is 16.0 Å². The number of aryl methyl sites for hydroxylation is 1. The first-order valence-corrected chi connectivity index (χ1v) is 9.99. The Bertz CT molecular complexity index is 718. The molecule has 136 valence electrons. The number of carbonyl (C=O) groups excluding carboxylic acids is 2. The molecule has 0 radical (unpaired) electrons. The smallest absolute Gasteiger partial charge is 0.320 e. The molecule has 1 aliphatic carbocycles. The lowest BCUT2D eigenvalue weighted by Crippen LogP contribution is -2.30. The molecular weight excluding hydrogens is 362 g/mol. The van der Waals surface area contributed by atoms with E-state index in [1.807, 2.05) is 0 Å². The Morgan fingerprint density at radius 1 is 1.40 bits per heavy atom. The van der Waals surface area contributed by atoms with E-state index in [1.54, 1.807) is 6.92 Å². The molecular formula is C16H21N3O4S2. The molecule has 1 aromatic heterocycles. The second-order valence-corrected chi connectivity index (χ2v) is 9.10. The van der Waals surface area contributed by atoms with Crippen molar-refractivity contribution < 1.29 is 19.5 Å². The number of aliphatic carboxylic acids is 1. The fourth-order valence-corrected chi connectivity index (χ4v) is 5.87. The summed E-state index contributed by atoms with van der Waals surface area (Å²) in [5, 5.41) is 15.1. The fraction of sp³-hybridized carbons (Fsp3) is 0.562. The number of thiophene rings is 1. The Balaban J connectivity index is 1.63. The van der Waals surface area contributed by atoms with Gasteiger partial charge in [-0.05, 0) is 38.2 Å². The molecule has 0 aromatic carbocycles. The van der Waals surface area contributed by atoms with E-state index in [9.17, 15) is 14.4 Å². The molecule has 0 spiro atoms. The lowest BCUT2D eigenvalue weighted by molar-refractivity contribution is -0.139. The molecule has 2 heterocycles. The van der Waals surface area contributed by atoms with Crippen molar-refractivity contribution in [1.29, 1.82) is 0 Å². The molecule has 1 aliphatic heterocycles. The van der Waals surface area contributed by atoms with Crippen LogP contribution in [0.5, 0.6) is 0 Å². The van der Waals surface area contributed by atoms with Crippen LogP contribution >= 0.6 is 23.1 Å². The molecule has 0 bridgehead atoms. The molecule has 1 aromatic rings. The van der Waals surface area contributed by atoms with Gasteiger partial charge in [0.15, 0.2) is 0 Å². The van der Waals surface area contributed by atoms with E-state index in [0.29, 0.717) is 23.5 Å². The summed E-state index contributed by atoms with van der Waals surface area (Å²) in [5.41, 5.74) is 6.95. The average Bonchev–Trinajstić information content (AvgIpc) is 3.21. The minimum Gasteiger partial charge on any atom is -0.480 e. The van der Waals surface area contributed by atoms with Crippen molar-refractivity contribution in [3.8, 4) is 0 Å². The predicted octanol–water partition coefficient (Wildman–Crippen LogP) is 1.21. The third-order valence-corrected chi connectivity index (χ3v) is 7.13. The van der Waals surface area contributed by atoms with E-state index in [1.165, 1.54) is 23.1 Å². The van der Waals surface area contributed by atoms with Gasteiger partial charge < -0.3 is 21.5 Å². The zero-order valence-electron chi connectivity index (χ0n) is 13.8. The molecule has 1 saturated heterocycles. The Morgan fingerprint density at radius 2 is 2.16 bits per heavy atom. The second kappa shape index (κ2) is 7.35. The van der Waals surface area contributed by atoms with Crippen LogP contribution in [-0.2, 0) is 22.4 Å². The van der Waals surface area contributed by atoms with Crippen LogP contribution < -0.4 is 16.4 Å². The van der Waals surface area contributed by atoms with Crippen molar-refractivity contribution in [2.75, 3.05) is 11.9 Å². The van der Waals surface area contributed by atoms with Crippen LogP contribution in [0.15, 0.2) is 0 Å². The molecule has 9 heteroatoms. The summed E-state index contributed by atoms with van der Waals surface area (Å²) in [4.78, 5) is 36.4. The highest BCUT2D eigenvalue weighted by atomic mass is 32.2. The minimum absolute atomic E-state index is 0.0748. The molecule has 0 saturated carbocycles. The highest BCUT2D eigenvalue weighted by molar-refractivity contribution is 8.01. The first-order valence-electron chi connectivity index (χ1n) is 8.23. The van der Waals surface area contributed by atoms with E-state index >= 15 is 0 Å². The van der Waals surface area contributed by atoms with Crippen LogP contribution in [0.1, 0.15) is 40.6 Å². The number of primary amides is 1. The number of carboxylic acids is 1. The third kappa shape index (κ3) is 3.83. The maximum atomic E-state index is 12.5. The summed E-state index contributed by atoms with van der Waals surface area (Å²) < 4.78 is 0. The molecule has 5 N–H and O–H groups in total. The first-order chi connectivity index (χ1) is 11.9. The van der Waals surface area contributed by atoms with Crippen LogP contribution in [0.2, 0.25) is 0 Å². The van der Waals surface area contributed by atoms with Gasteiger partial charge in [0.2, 0.25) is 5.91 Å². The predicted molar refractivity (Wildman–Crippen MR) is 98.4 cm³/mol. The van der Waals surface area contributed by atoms with Gasteiger partial charge in [-0.25, -0.2) is 0 Å². The number of fused-ring (bicyclic) bond motifs is 1. The van der Waals surface area contributed by atoms with Gasteiger partial charge in [0.25, 0.3) is 5.91 Å². The number of hydrogen-bond donors (Lipinski definition) is 4. The van der Waals surface area contributed by atoms with Crippen LogP contribution in [0.4, 0.5) is 5.00 Å². The van der Waals surface area contributed by atoms with Crippen molar-refractivity contribution in [1.82, 2.24) is 5.32 Å². The molecule has 25 heavy (non-hydrogen) atoms. The standard InChI is InChI=1S/C16H21N3O4S2/c1-7(24-8-5-10(16(22)23)18-6-8)14(21)19-15-12(13(17)20)9-3-2-4-11(9)25-15/h7-8,10,18H,2-6H2,1H3,(H2,17,20)(H,19,21)(H,22,23). The quantitative estimate of drug-likeness (QED) is 0.586.